The summed E-state index contributed by atoms with van der Waals surface area (Å²) in [6.45, 7) is 5.59. The molecule has 3 heterocycles. The van der Waals surface area contributed by atoms with E-state index in [-0.39, 0.29) is 5.56 Å². The van der Waals surface area contributed by atoms with Gasteiger partial charge in [0.15, 0.2) is 0 Å². The average Bonchev–Trinajstić information content (AvgIpc) is 3.19. The molecular formula is C26H29N3O4. The summed E-state index contributed by atoms with van der Waals surface area (Å²) in [5.74, 6) is 1.59. The molecule has 4 aromatic rings. The zero-order valence-corrected chi connectivity index (χ0v) is 19.1. The van der Waals surface area contributed by atoms with Gasteiger partial charge in [-0.3, -0.25) is 9.69 Å². The zero-order chi connectivity index (χ0) is 22.8. The molecule has 0 amide bonds. The van der Waals surface area contributed by atoms with Crippen LogP contribution in [0.15, 0.2) is 59.5 Å². The molecule has 7 nitrogen and oxygen atoms in total. The van der Waals surface area contributed by atoms with Gasteiger partial charge in [-0.1, -0.05) is 24.3 Å². The second kappa shape index (κ2) is 9.29. The lowest BCUT2D eigenvalue weighted by molar-refractivity contribution is 0.0366. The van der Waals surface area contributed by atoms with Crippen LogP contribution >= 0.6 is 0 Å². The Balaban J connectivity index is 1.58. The molecule has 2 aromatic heterocycles. The Morgan fingerprint density at radius 1 is 0.939 bits per heavy atom. The zero-order valence-electron chi connectivity index (χ0n) is 19.1. The first-order valence-corrected chi connectivity index (χ1v) is 11.3. The maximum atomic E-state index is 13.6. The normalized spacial score (nSPS) is 14.7. The smallest absolute Gasteiger partial charge is 0.260 e. The second-order valence-corrected chi connectivity index (χ2v) is 8.32. The summed E-state index contributed by atoms with van der Waals surface area (Å²) in [6, 6.07) is 15.8. The molecule has 172 valence electrons. The number of morpholine rings is 1. The molecule has 33 heavy (non-hydrogen) atoms. The lowest BCUT2D eigenvalue weighted by atomic mass is 10.1. The number of para-hydroxylation sites is 1. The third kappa shape index (κ3) is 4.10. The molecule has 0 atom stereocenters. The van der Waals surface area contributed by atoms with Gasteiger partial charge in [0.2, 0.25) is 0 Å². The van der Waals surface area contributed by atoms with Crippen LogP contribution in [0, 0.1) is 0 Å². The molecule has 0 bridgehead atoms. The topological polar surface area (TPSA) is 57.9 Å². The fourth-order valence-electron chi connectivity index (χ4n) is 4.68. The fraction of sp³-hybridized carbons (Fsp3) is 0.346. The van der Waals surface area contributed by atoms with E-state index in [2.05, 4.69) is 15.5 Å². The number of ether oxygens (including phenoxy) is 3. The maximum Gasteiger partial charge on any atom is 0.260 e. The first kappa shape index (κ1) is 21.6. The summed E-state index contributed by atoms with van der Waals surface area (Å²) >= 11 is 0. The summed E-state index contributed by atoms with van der Waals surface area (Å²) in [5, 5.41) is 1.67. The van der Waals surface area contributed by atoms with E-state index in [4.69, 9.17) is 14.2 Å². The first-order chi connectivity index (χ1) is 16.2. The van der Waals surface area contributed by atoms with Crippen molar-refractivity contribution in [3.63, 3.8) is 0 Å². The largest absolute Gasteiger partial charge is 0.497 e. The Morgan fingerprint density at radius 2 is 1.73 bits per heavy atom. The lowest BCUT2D eigenvalue weighted by Gasteiger charge is -2.27. The minimum Gasteiger partial charge on any atom is -0.497 e. The van der Waals surface area contributed by atoms with E-state index < -0.39 is 0 Å². The monoisotopic (exact) mass is 447 g/mol. The fourth-order valence-corrected chi connectivity index (χ4v) is 4.68. The predicted molar refractivity (Wildman–Crippen MR) is 130 cm³/mol. The van der Waals surface area contributed by atoms with Crippen LogP contribution in [0.25, 0.3) is 21.8 Å². The molecule has 0 saturated carbocycles. The van der Waals surface area contributed by atoms with Crippen LogP contribution in [0.4, 0.5) is 0 Å². The summed E-state index contributed by atoms with van der Waals surface area (Å²) in [7, 11) is 3.33. The number of benzene rings is 2. The van der Waals surface area contributed by atoms with Gasteiger partial charge in [0.1, 0.15) is 11.5 Å². The molecule has 7 heteroatoms. The SMILES string of the molecule is COc1ccc(Cn2ccc3c(c2=O)c2cccc(OC)c2n3CCN2CCOCC2)cc1. The van der Waals surface area contributed by atoms with Crippen LogP contribution in [-0.4, -0.2) is 61.1 Å². The van der Waals surface area contributed by atoms with Gasteiger partial charge in [0, 0.05) is 37.8 Å². The lowest BCUT2D eigenvalue weighted by Crippen LogP contribution is -2.38. The van der Waals surface area contributed by atoms with Crippen LogP contribution in [0.1, 0.15) is 5.56 Å². The summed E-state index contributed by atoms with van der Waals surface area (Å²) in [6.07, 6.45) is 1.89. The number of fused-ring (bicyclic) bond motifs is 3. The van der Waals surface area contributed by atoms with Crippen molar-refractivity contribution in [2.45, 2.75) is 13.1 Å². The molecule has 1 aliphatic rings. The van der Waals surface area contributed by atoms with E-state index in [9.17, 15) is 4.79 Å². The van der Waals surface area contributed by atoms with Gasteiger partial charge in [-0.25, -0.2) is 0 Å². The number of nitrogens with zero attached hydrogens (tertiary/aromatic N) is 3. The van der Waals surface area contributed by atoms with E-state index in [1.54, 1.807) is 18.8 Å². The number of pyridine rings is 1. The van der Waals surface area contributed by atoms with Gasteiger partial charge in [-0.2, -0.15) is 0 Å². The van der Waals surface area contributed by atoms with Gasteiger partial charge < -0.3 is 23.3 Å². The van der Waals surface area contributed by atoms with E-state index in [0.29, 0.717) is 6.54 Å². The molecule has 0 unspecified atom stereocenters. The van der Waals surface area contributed by atoms with Crippen molar-refractivity contribution in [1.29, 1.82) is 0 Å². The molecule has 0 spiro atoms. The van der Waals surface area contributed by atoms with E-state index in [1.807, 2.05) is 48.7 Å². The highest BCUT2D eigenvalue weighted by atomic mass is 16.5. The van der Waals surface area contributed by atoms with Crippen molar-refractivity contribution in [2.24, 2.45) is 0 Å². The van der Waals surface area contributed by atoms with Crippen molar-refractivity contribution in [2.75, 3.05) is 47.1 Å². The van der Waals surface area contributed by atoms with Gasteiger partial charge in [-0.15, -0.1) is 0 Å². The van der Waals surface area contributed by atoms with Crippen LogP contribution in [0.3, 0.4) is 0 Å². The number of hydrogen-bond acceptors (Lipinski definition) is 5. The van der Waals surface area contributed by atoms with Crippen LogP contribution in [0.2, 0.25) is 0 Å². The average molecular weight is 448 g/mol. The van der Waals surface area contributed by atoms with Crippen molar-refractivity contribution >= 4 is 21.8 Å². The standard InChI is InChI=1S/C26H29N3O4/c1-31-20-8-6-19(7-9-20)18-28-11-10-22-24(26(28)30)21-4-3-5-23(32-2)25(21)29(22)13-12-27-14-16-33-17-15-27/h3-11H,12-18H2,1-2H3. The van der Waals surface area contributed by atoms with Gasteiger partial charge in [-0.05, 0) is 29.8 Å². The van der Waals surface area contributed by atoms with Gasteiger partial charge in [0.05, 0.1) is 50.4 Å². The summed E-state index contributed by atoms with van der Waals surface area (Å²) < 4.78 is 20.4. The van der Waals surface area contributed by atoms with Crippen LogP contribution in [-0.2, 0) is 17.8 Å². The Morgan fingerprint density at radius 3 is 2.45 bits per heavy atom. The number of hydrogen-bond donors (Lipinski definition) is 0. The first-order valence-electron chi connectivity index (χ1n) is 11.3. The Labute approximate surface area is 192 Å². The molecule has 5 rings (SSSR count). The molecule has 0 radical (unpaired) electrons. The summed E-state index contributed by atoms with van der Waals surface area (Å²) in [5.41, 5.74) is 2.97. The Bertz CT molecular complexity index is 1320. The highest BCUT2D eigenvalue weighted by Gasteiger charge is 2.19. The Kier molecular flexibility index (Phi) is 6.07. The second-order valence-electron chi connectivity index (χ2n) is 8.32. The molecular weight excluding hydrogens is 418 g/mol. The molecule has 0 aliphatic carbocycles. The highest BCUT2D eigenvalue weighted by molar-refractivity contribution is 6.09. The molecule has 1 aliphatic heterocycles. The molecule has 2 aromatic carbocycles. The number of rotatable bonds is 7. The van der Waals surface area contributed by atoms with E-state index in [0.717, 1.165) is 78.3 Å². The minimum atomic E-state index is 0.00620. The third-order valence-electron chi connectivity index (χ3n) is 6.45. The summed E-state index contributed by atoms with van der Waals surface area (Å²) in [4.78, 5) is 16.1. The maximum absolute atomic E-state index is 13.6. The number of aromatic nitrogens is 2. The Hall–Kier alpha value is -3.29. The minimum absolute atomic E-state index is 0.00620. The van der Waals surface area contributed by atoms with Crippen molar-refractivity contribution in [3.05, 3.63) is 70.6 Å². The third-order valence-corrected chi connectivity index (χ3v) is 6.45. The number of methoxy groups -OCH3 is 2. The highest BCUT2D eigenvalue weighted by Crippen LogP contribution is 2.33. The van der Waals surface area contributed by atoms with Gasteiger partial charge in [0.25, 0.3) is 5.56 Å². The predicted octanol–water partition coefficient (Wildman–Crippen LogP) is 3.35. The van der Waals surface area contributed by atoms with Crippen molar-refractivity contribution in [1.82, 2.24) is 14.0 Å². The van der Waals surface area contributed by atoms with Crippen LogP contribution in [0.5, 0.6) is 11.5 Å². The quantitative estimate of drug-likeness (QED) is 0.435. The van der Waals surface area contributed by atoms with Crippen LogP contribution < -0.4 is 15.0 Å². The molecule has 0 N–H and O–H groups in total. The van der Waals surface area contributed by atoms with Gasteiger partial charge >= 0.3 is 0 Å². The van der Waals surface area contributed by atoms with Crippen molar-refractivity contribution < 1.29 is 14.2 Å². The van der Waals surface area contributed by atoms with E-state index >= 15 is 0 Å². The van der Waals surface area contributed by atoms with E-state index in [1.165, 1.54) is 0 Å². The molecule has 1 fully saturated rings. The molecule has 1 saturated heterocycles. The van der Waals surface area contributed by atoms with Crippen molar-refractivity contribution in [3.8, 4) is 11.5 Å².